The van der Waals surface area contributed by atoms with Gasteiger partial charge in [-0.25, -0.2) is 0 Å². The molecule has 2 rings (SSSR count). The molecule has 15 heavy (non-hydrogen) atoms. The van der Waals surface area contributed by atoms with Gasteiger partial charge < -0.3 is 5.73 Å². The number of benzene rings is 1. The zero-order valence-electron chi connectivity index (χ0n) is 9.63. The molecule has 0 radical (unpaired) electrons. The van der Waals surface area contributed by atoms with Crippen molar-refractivity contribution >= 4 is 0 Å². The summed E-state index contributed by atoms with van der Waals surface area (Å²) in [7, 11) is 0. The number of hydrogen-bond acceptors (Lipinski definition) is 1. The molecular formula is C14H21N. The fourth-order valence-electron chi connectivity index (χ4n) is 2.89. The van der Waals surface area contributed by atoms with Gasteiger partial charge in [-0.3, -0.25) is 0 Å². The minimum Gasteiger partial charge on any atom is -0.330 e. The largest absolute Gasteiger partial charge is 0.330 e. The smallest absolute Gasteiger partial charge is 0.00172 e. The van der Waals surface area contributed by atoms with Crippen LogP contribution in [0.5, 0.6) is 0 Å². The molecule has 1 unspecified atom stereocenters. The molecule has 0 aliphatic heterocycles. The third-order valence-corrected chi connectivity index (χ3v) is 3.82. The van der Waals surface area contributed by atoms with Crippen LogP contribution in [0.4, 0.5) is 0 Å². The van der Waals surface area contributed by atoms with Crippen LogP contribution in [0.3, 0.4) is 0 Å². The maximum absolute atomic E-state index is 5.98. The highest BCUT2D eigenvalue weighted by molar-refractivity contribution is 5.31. The molecule has 1 aromatic rings. The highest BCUT2D eigenvalue weighted by Crippen LogP contribution is 2.38. The molecule has 2 N–H and O–H groups in total. The van der Waals surface area contributed by atoms with Gasteiger partial charge in [0.25, 0.3) is 0 Å². The molecule has 0 spiro atoms. The topological polar surface area (TPSA) is 26.0 Å². The first-order chi connectivity index (χ1) is 7.29. The van der Waals surface area contributed by atoms with E-state index in [1.165, 1.54) is 43.2 Å². The predicted octanol–water partition coefficient (Wildman–Crippen LogP) is 2.92. The zero-order valence-corrected chi connectivity index (χ0v) is 9.63. The van der Waals surface area contributed by atoms with Gasteiger partial charge in [0.05, 0.1) is 0 Å². The Bertz CT molecular complexity index is 332. The number of fused-ring (bicyclic) bond motifs is 1. The van der Waals surface area contributed by atoms with Crippen molar-refractivity contribution in [3.8, 4) is 0 Å². The molecule has 1 aliphatic carbocycles. The zero-order chi connectivity index (χ0) is 10.7. The minimum absolute atomic E-state index is 0.392. The van der Waals surface area contributed by atoms with Crippen molar-refractivity contribution in [1.82, 2.24) is 0 Å². The monoisotopic (exact) mass is 203 g/mol. The number of hydrogen-bond donors (Lipinski definition) is 1. The first-order valence-corrected chi connectivity index (χ1v) is 6.06. The lowest BCUT2D eigenvalue weighted by Crippen LogP contribution is -2.36. The Labute approximate surface area is 92.7 Å². The molecule has 0 bridgehead atoms. The van der Waals surface area contributed by atoms with Crippen LogP contribution in [-0.2, 0) is 12.8 Å². The molecule has 0 saturated heterocycles. The summed E-state index contributed by atoms with van der Waals surface area (Å²) in [5, 5.41) is 0. The van der Waals surface area contributed by atoms with E-state index in [2.05, 4.69) is 31.2 Å². The average Bonchev–Trinajstić information content (AvgIpc) is 2.29. The average molecular weight is 203 g/mol. The molecule has 1 aromatic carbocycles. The molecule has 1 nitrogen and oxygen atoms in total. The van der Waals surface area contributed by atoms with E-state index in [1.807, 2.05) is 0 Å². The highest BCUT2D eigenvalue weighted by Gasteiger charge is 2.31. The van der Waals surface area contributed by atoms with Gasteiger partial charge >= 0.3 is 0 Å². The number of nitrogens with two attached hydrogens (primary N) is 1. The molecular weight excluding hydrogens is 182 g/mol. The van der Waals surface area contributed by atoms with Gasteiger partial charge in [0.2, 0.25) is 0 Å². The third-order valence-electron chi connectivity index (χ3n) is 3.82. The van der Waals surface area contributed by atoms with Crippen LogP contribution < -0.4 is 5.73 Å². The van der Waals surface area contributed by atoms with Crippen LogP contribution >= 0.6 is 0 Å². The molecule has 0 fully saturated rings. The fraction of sp³-hybridized carbons (Fsp3) is 0.571. The lowest BCUT2D eigenvalue weighted by molar-refractivity contribution is 0.232. The Morgan fingerprint density at radius 2 is 2.00 bits per heavy atom. The van der Waals surface area contributed by atoms with E-state index in [0.29, 0.717) is 5.41 Å². The number of aryl methyl sites for hydroxylation is 1. The standard InChI is InChI=1S/C14H21N/c1-2-8-14(11-15)9-7-12-5-3-4-6-13(12)10-14/h3-6H,2,7-11,15H2,1H3. The SMILES string of the molecule is CCCC1(CN)CCc2ccccc2C1. The molecule has 1 aliphatic rings. The summed E-state index contributed by atoms with van der Waals surface area (Å²) >= 11 is 0. The van der Waals surface area contributed by atoms with Gasteiger partial charge in [-0.2, -0.15) is 0 Å². The Morgan fingerprint density at radius 3 is 2.67 bits per heavy atom. The summed E-state index contributed by atoms with van der Waals surface area (Å²) in [4.78, 5) is 0. The van der Waals surface area contributed by atoms with E-state index in [9.17, 15) is 0 Å². The summed E-state index contributed by atoms with van der Waals surface area (Å²) in [6.45, 7) is 3.10. The molecule has 82 valence electrons. The third kappa shape index (κ3) is 2.07. The lowest BCUT2D eigenvalue weighted by atomic mass is 9.69. The van der Waals surface area contributed by atoms with Gasteiger partial charge in [0.1, 0.15) is 0 Å². The first kappa shape index (κ1) is 10.7. The number of rotatable bonds is 3. The van der Waals surface area contributed by atoms with E-state index >= 15 is 0 Å². The second-order valence-corrected chi connectivity index (χ2v) is 4.90. The molecule has 0 aromatic heterocycles. The van der Waals surface area contributed by atoms with Crippen LogP contribution in [0.2, 0.25) is 0 Å². The normalized spacial score (nSPS) is 24.9. The van der Waals surface area contributed by atoms with Gasteiger partial charge in [-0.1, -0.05) is 37.6 Å². The summed E-state index contributed by atoms with van der Waals surface area (Å²) in [6, 6.07) is 8.84. The molecule has 0 saturated carbocycles. The second-order valence-electron chi connectivity index (χ2n) is 4.90. The summed E-state index contributed by atoms with van der Waals surface area (Å²) in [6.07, 6.45) is 6.20. The van der Waals surface area contributed by atoms with E-state index in [1.54, 1.807) is 0 Å². The predicted molar refractivity (Wildman–Crippen MR) is 64.9 cm³/mol. The van der Waals surface area contributed by atoms with Gasteiger partial charge in [-0.15, -0.1) is 0 Å². The van der Waals surface area contributed by atoms with Crippen molar-refractivity contribution in [3.05, 3.63) is 35.4 Å². The van der Waals surface area contributed by atoms with Crippen molar-refractivity contribution < 1.29 is 0 Å². The van der Waals surface area contributed by atoms with E-state index < -0.39 is 0 Å². The van der Waals surface area contributed by atoms with Crippen LogP contribution in [0.25, 0.3) is 0 Å². The quantitative estimate of drug-likeness (QED) is 0.803. The lowest BCUT2D eigenvalue weighted by Gasteiger charge is -2.37. The molecule has 0 amide bonds. The minimum atomic E-state index is 0.392. The highest BCUT2D eigenvalue weighted by atomic mass is 14.6. The van der Waals surface area contributed by atoms with E-state index in [4.69, 9.17) is 5.73 Å². The van der Waals surface area contributed by atoms with Gasteiger partial charge in [-0.05, 0) is 48.8 Å². The van der Waals surface area contributed by atoms with Gasteiger partial charge in [0.15, 0.2) is 0 Å². The van der Waals surface area contributed by atoms with Crippen molar-refractivity contribution in [2.75, 3.05) is 6.54 Å². The molecule has 1 atom stereocenters. The molecule has 0 heterocycles. The second kappa shape index (κ2) is 4.36. The first-order valence-electron chi connectivity index (χ1n) is 6.06. The van der Waals surface area contributed by atoms with Crippen LogP contribution in [0.1, 0.15) is 37.3 Å². The van der Waals surface area contributed by atoms with Crippen LogP contribution in [-0.4, -0.2) is 6.54 Å². The van der Waals surface area contributed by atoms with Gasteiger partial charge in [0, 0.05) is 0 Å². The Morgan fingerprint density at radius 1 is 1.27 bits per heavy atom. The van der Waals surface area contributed by atoms with Crippen LogP contribution in [0.15, 0.2) is 24.3 Å². The Balaban J connectivity index is 2.22. The maximum Gasteiger partial charge on any atom is -0.00172 e. The maximum atomic E-state index is 5.98. The Hall–Kier alpha value is -0.820. The molecule has 1 heteroatoms. The summed E-state index contributed by atoms with van der Waals surface area (Å²) in [5.41, 5.74) is 9.44. The van der Waals surface area contributed by atoms with E-state index in [0.717, 1.165) is 6.54 Å². The van der Waals surface area contributed by atoms with Crippen molar-refractivity contribution in [2.45, 2.75) is 39.0 Å². The van der Waals surface area contributed by atoms with Crippen molar-refractivity contribution in [1.29, 1.82) is 0 Å². The summed E-state index contributed by atoms with van der Waals surface area (Å²) in [5.74, 6) is 0. The summed E-state index contributed by atoms with van der Waals surface area (Å²) < 4.78 is 0. The van der Waals surface area contributed by atoms with Crippen LogP contribution in [0, 0.1) is 5.41 Å². The van der Waals surface area contributed by atoms with E-state index in [-0.39, 0.29) is 0 Å². The Kier molecular flexibility index (Phi) is 3.11. The van der Waals surface area contributed by atoms with Crippen molar-refractivity contribution in [2.24, 2.45) is 11.1 Å². The van der Waals surface area contributed by atoms with Crippen molar-refractivity contribution in [3.63, 3.8) is 0 Å². The fourth-order valence-corrected chi connectivity index (χ4v) is 2.89.